The van der Waals surface area contributed by atoms with E-state index < -0.39 is 0 Å². The van der Waals surface area contributed by atoms with Crippen molar-refractivity contribution in [2.45, 2.75) is 52.7 Å². The van der Waals surface area contributed by atoms with Crippen LogP contribution in [0.15, 0.2) is 55.2 Å². The summed E-state index contributed by atoms with van der Waals surface area (Å²) in [4.78, 5) is 26.0. The number of para-hydroxylation sites is 1. The van der Waals surface area contributed by atoms with Crippen LogP contribution in [0.3, 0.4) is 0 Å². The Labute approximate surface area is 199 Å². The SMILES string of the molecule is Cc1cc(-n2ccnc2)c2cccc(OCc3c(C)ccnc3CNC(=O)C3CCCC3)c2n1. The molecular formula is C27H29N5O2. The summed E-state index contributed by atoms with van der Waals surface area (Å²) >= 11 is 0. The largest absolute Gasteiger partial charge is 0.487 e. The fraction of sp³-hybridized carbons (Fsp3) is 0.333. The summed E-state index contributed by atoms with van der Waals surface area (Å²) in [5.41, 5.74) is 5.65. The first-order valence-electron chi connectivity index (χ1n) is 11.8. The number of hydrogen-bond donors (Lipinski definition) is 1. The van der Waals surface area contributed by atoms with Gasteiger partial charge in [0.05, 0.1) is 24.3 Å². The third-order valence-corrected chi connectivity index (χ3v) is 6.60. The van der Waals surface area contributed by atoms with Gasteiger partial charge in [-0.3, -0.25) is 9.78 Å². The summed E-state index contributed by atoms with van der Waals surface area (Å²) in [7, 11) is 0. The molecule has 34 heavy (non-hydrogen) atoms. The molecule has 0 bridgehead atoms. The number of aromatic nitrogens is 4. The molecule has 0 atom stereocenters. The molecule has 0 unspecified atom stereocenters. The van der Waals surface area contributed by atoms with Crippen molar-refractivity contribution in [3.8, 4) is 11.4 Å². The lowest BCUT2D eigenvalue weighted by Gasteiger charge is -2.16. The summed E-state index contributed by atoms with van der Waals surface area (Å²) in [6.07, 6.45) is 11.5. The number of aryl methyl sites for hydroxylation is 2. The molecule has 1 fully saturated rings. The molecule has 3 heterocycles. The molecular weight excluding hydrogens is 426 g/mol. The topological polar surface area (TPSA) is 81.9 Å². The monoisotopic (exact) mass is 455 g/mol. The molecule has 3 aromatic heterocycles. The number of ether oxygens (including phenoxy) is 1. The maximum Gasteiger partial charge on any atom is 0.223 e. The van der Waals surface area contributed by atoms with Gasteiger partial charge in [-0.15, -0.1) is 0 Å². The number of hydrogen-bond acceptors (Lipinski definition) is 5. The van der Waals surface area contributed by atoms with Crippen molar-refractivity contribution < 1.29 is 9.53 Å². The number of benzene rings is 1. The molecule has 0 radical (unpaired) electrons. The van der Waals surface area contributed by atoms with E-state index in [4.69, 9.17) is 9.72 Å². The van der Waals surface area contributed by atoms with Gasteiger partial charge < -0.3 is 14.6 Å². The van der Waals surface area contributed by atoms with Crippen LogP contribution < -0.4 is 10.1 Å². The molecule has 1 N–H and O–H groups in total. The molecule has 1 aliphatic rings. The van der Waals surface area contributed by atoms with Crippen molar-refractivity contribution in [2.75, 3.05) is 0 Å². The highest BCUT2D eigenvalue weighted by molar-refractivity contribution is 5.91. The average molecular weight is 456 g/mol. The second-order valence-corrected chi connectivity index (χ2v) is 8.95. The van der Waals surface area contributed by atoms with Gasteiger partial charge in [-0.2, -0.15) is 0 Å². The van der Waals surface area contributed by atoms with E-state index >= 15 is 0 Å². The van der Waals surface area contributed by atoms with Gasteiger partial charge in [0.25, 0.3) is 0 Å². The number of carbonyl (C=O) groups is 1. The van der Waals surface area contributed by atoms with Crippen molar-refractivity contribution in [2.24, 2.45) is 5.92 Å². The molecule has 1 aliphatic carbocycles. The van der Waals surface area contributed by atoms with E-state index in [1.54, 1.807) is 18.7 Å². The first kappa shape index (κ1) is 22.1. The molecule has 1 amide bonds. The number of fused-ring (bicyclic) bond motifs is 1. The number of amides is 1. The van der Waals surface area contributed by atoms with Gasteiger partial charge in [0, 0.05) is 41.2 Å². The molecule has 1 aromatic carbocycles. The quantitative estimate of drug-likeness (QED) is 0.432. The van der Waals surface area contributed by atoms with Crippen LogP contribution in [0.4, 0.5) is 0 Å². The summed E-state index contributed by atoms with van der Waals surface area (Å²) in [6, 6.07) is 9.99. The molecule has 0 spiro atoms. The number of rotatable bonds is 7. The Kier molecular flexibility index (Phi) is 6.25. The second kappa shape index (κ2) is 9.63. The van der Waals surface area contributed by atoms with Crippen LogP contribution in [-0.2, 0) is 17.9 Å². The Morgan fingerprint density at radius 1 is 1.18 bits per heavy atom. The zero-order valence-electron chi connectivity index (χ0n) is 19.6. The third kappa shape index (κ3) is 4.51. The van der Waals surface area contributed by atoms with Crippen molar-refractivity contribution in [1.29, 1.82) is 0 Å². The summed E-state index contributed by atoms with van der Waals surface area (Å²) in [5.74, 6) is 0.986. The van der Waals surface area contributed by atoms with Crippen LogP contribution >= 0.6 is 0 Å². The average Bonchev–Trinajstić information content (AvgIpc) is 3.56. The van der Waals surface area contributed by atoms with E-state index in [1.807, 2.05) is 54.9 Å². The van der Waals surface area contributed by atoms with Crippen LogP contribution in [0.1, 0.15) is 48.2 Å². The molecule has 1 saturated carbocycles. The smallest absolute Gasteiger partial charge is 0.223 e. The fourth-order valence-electron chi connectivity index (χ4n) is 4.71. The van der Waals surface area contributed by atoms with E-state index in [0.717, 1.165) is 64.8 Å². The highest BCUT2D eigenvalue weighted by Crippen LogP contribution is 2.30. The normalized spacial score (nSPS) is 13.9. The summed E-state index contributed by atoms with van der Waals surface area (Å²) < 4.78 is 8.30. The van der Waals surface area contributed by atoms with E-state index in [9.17, 15) is 4.79 Å². The Morgan fingerprint density at radius 3 is 2.82 bits per heavy atom. The number of imidazole rings is 1. The molecule has 174 valence electrons. The zero-order chi connectivity index (χ0) is 23.5. The molecule has 7 heteroatoms. The predicted molar refractivity (Wildman–Crippen MR) is 131 cm³/mol. The number of pyridine rings is 2. The van der Waals surface area contributed by atoms with E-state index in [2.05, 4.69) is 15.3 Å². The predicted octanol–water partition coefficient (Wildman–Crippen LogP) is 4.82. The fourth-order valence-corrected chi connectivity index (χ4v) is 4.71. The van der Waals surface area contributed by atoms with E-state index in [0.29, 0.717) is 18.9 Å². The molecule has 5 rings (SSSR count). The Hall–Kier alpha value is -3.74. The van der Waals surface area contributed by atoms with Crippen molar-refractivity contribution >= 4 is 16.8 Å². The van der Waals surface area contributed by atoms with Gasteiger partial charge in [0.15, 0.2) is 0 Å². The minimum Gasteiger partial charge on any atom is -0.487 e. The Balaban J connectivity index is 1.39. The maximum atomic E-state index is 12.5. The molecule has 0 aliphatic heterocycles. The van der Waals surface area contributed by atoms with E-state index in [-0.39, 0.29) is 11.8 Å². The van der Waals surface area contributed by atoms with Crippen molar-refractivity contribution in [1.82, 2.24) is 24.8 Å². The van der Waals surface area contributed by atoms with Gasteiger partial charge in [-0.25, -0.2) is 9.97 Å². The lowest BCUT2D eigenvalue weighted by atomic mass is 10.1. The van der Waals surface area contributed by atoms with Crippen molar-refractivity contribution in [3.63, 3.8) is 0 Å². The lowest BCUT2D eigenvalue weighted by molar-refractivity contribution is -0.125. The van der Waals surface area contributed by atoms with Crippen LogP contribution in [0.5, 0.6) is 5.75 Å². The molecule has 0 saturated heterocycles. The maximum absolute atomic E-state index is 12.5. The van der Waals surface area contributed by atoms with Gasteiger partial charge in [0.1, 0.15) is 17.9 Å². The first-order chi connectivity index (χ1) is 16.6. The number of carbonyl (C=O) groups excluding carboxylic acids is 1. The van der Waals surface area contributed by atoms with Crippen LogP contribution in [0, 0.1) is 19.8 Å². The van der Waals surface area contributed by atoms with Gasteiger partial charge in [-0.1, -0.05) is 25.0 Å². The van der Waals surface area contributed by atoms with Crippen LogP contribution in [-0.4, -0.2) is 25.4 Å². The van der Waals surface area contributed by atoms with Gasteiger partial charge in [0.2, 0.25) is 5.91 Å². The van der Waals surface area contributed by atoms with Crippen LogP contribution in [0.2, 0.25) is 0 Å². The van der Waals surface area contributed by atoms with Gasteiger partial charge >= 0.3 is 0 Å². The van der Waals surface area contributed by atoms with Crippen molar-refractivity contribution in [3.05, 3.63) is 77.8 Å². The summed E-state index contributed by atoms with van der Waals surface area (Å²) in [6.45, 7) is 4.79. The minimum absolute atomic E-state index is 0.133. The highest BCUT2D eigenvalue weighted by atomic mass is 16.5. The number of nitrogens with zero attached hydrogens (tertiary/aromatic N) is 4. The second-order valence-electron chi connectivity index (χ2n) is 8.95. The lowest BCUT2D eigenvalue weighted by Crippen LogP contribution is -2.29. The molecule has 7 nitrogen and oxygen atoms in total. The number of nitrogens with one attached hydrogen (secondary N) is 1. The highest BCUT2D eigenvalue weighted by Gasteiger charge is 2.22. The Morgan fingerprint density at radius 2 is 2.03 bits per heavy atom. The zero-order valence-corrected chi connectivity index (χ0v) is 19.6. The third-order valence-electron chi connectivity index (χ3n) is 6.60. The minimum atomic E-state index is 0.133. The standard InChI is InChI=1S/C27H29N5O2/c1-18-10-11-29-23(15-30-27(33)20-6-3-4-7-20)22(18)16-34-25-9-5-8-21-24(32-13-12-28-17-32)14-19(2)31-26(21)25/h5,8-14,17,20H,3-4,6-7,15-16H2,1-2H3,(H,30,33). The van der Waals surface area contributed by atoms with E-state index in [1.165, 1.54) is 0 Å². The van der Waals surface area contributed by atoms with Crippen LogP contribution in [0.25, 0.3) is 16.6 Å². The Bertz CT molecular complexity index is 1310. The first-order valence-corrected chi connectivity index (χ1v) is 11.8. The summed E-state index contributed by atoms with van der Waals surface area (Å²) in [5, 5.41) is 4.08. The molecule has 4 aromatic rings. The van der Waals surface area contributed by atoms with Gasteiger partial charge in [-0.05, 0) is 50.5 Å².